The summed E-state index contributed by atoms with van der Waals surface area (Å²) in [5, 5.41) is 2.65. The van der Waals surface area contributed by atoms with E-state index in [1.807, 2.05) is 35.7 Å². The first-order valence-corrected chi connectivity index (χ1v) is 11.1. The molecule has 2 N–H and O–H groups in total. The highest BCUT2D eigenvalue weighted by Gasteiger charge is 2.17. The largest absolute Gasteiger partial charge is 0.487 e. The Bertz CT molecular complexity index is 1190. The molecule has 0 spiro atoms. The Hall–Kier alpha value is -3.56. The predicted molar refractivity (Wildman–Crippen MR) is 120 cm³/mol. The zero-order chi connectivity index (χ0) is 21.6. The zero-order valence-electron chi connectivity index (χ0n) is 16.5. The molecule has 0 radical (unpaired) electrons. The Morgan fingerprint density at radius 2 is 1.84 bits per heavy atom. The number of hydrogen-bond acceptors (Lipinski definition) is 7. The molecule has 2 heterocycles. The molecule has 0 unspecified atom stereocenters. The Labute approximate surface area is 186 Å². The second-order valence-electron chi connectivity index (χ2n) is 6.50. The van der Waals surface area contributed by atoms with E-state index in [4.69, 9.17) is 4.74 Å². The summed E-state index contributed by atoms with van der Waals surface area (Å²) in [6.45, 7) is 2.09. The van der Waals surface area contributed by atoms with Gasteiger partial charge in [0.25, 0.3) is 11.8 Å². The summed E-state index contributed by atoms with van der Waals surface area (Å²) in [4.78, 5) is 34.1. The normalized spacial score (nSPS) is 10.5. The predicted octanol–water partition coefficient (Wildman–Crippen LogP) is 4.23. The van der Waals surface area contributed by atoms with Crippen molar-refractivity contribution in [1.29, 1.82) is 0 Å². The van der Waals surface area contributed by atoms with Gasteiger partial charge in [0, 0.05) is 16.5 Å². The zero-order valence-corrected chi connectivity index (χ0v) is 18.1. The molecule has 0 bridgehead atoms. The Kier molecular flexibility index (Phi) is 6.34. The number of rotatable bonds is 6. The summed E-state index contributed by atoms with van der Waals surface area (Å²) < 4.78 is 5.67. The molecule has 2 aromatic carbocycles. The maximum absolute atomic E-state index is 12.6. The summed E-state index contributed by atoms with van der Waals surface area (Å²) in [5.74, 6) is -0.322. The van der Waals surface area contributed by atoms with Crippen LogP contribution in [0, 0.1) is 6.92 Å². The lowest BCUT2D eigenvalue weighted by Gasteiger charge is -2.09. The molecule has 0 fully saturated rings. The molecule has 2 amide bonds. The summed E-state index contributed by atoms with van der Waals surface area (Å²) in [7, 11) is 0. The van der Waals surface area contributed by atoms with Crippen molar-refractivity contribution >= 4 is 34.5 Å². The number of aromatic nitrogens is 2. The first kappa shape index (κ1) is 20.7. The number of benzene rings is 2. The maximum Gasteiger partial charge on any atom is 0.281 e. The molecule has 0 saturated heterocycles. The molecule has 0 aliphatic rings. The van der Waals surface area contributed by atoms with Gasteiger partial charge in [-0.2, -0.15) is 0 Å². The van der Waals surface area contributed by atoms with E-state index in [0.717, 1.165) is 16.3 Å². The van der Waals surface area contributed by atoms with Gasteiger partial charge in [0.2, 0.25) is 0 Å². The first-order chi connectivity index (χ1) is 15.1. The summed E-state index contributed by atoms with van der Waals surface area (Å²) in [6, 6.07) is 16.4. The summed E-state index contributed by atoms with van der Waals surface area (Å²) >= 11 is 2.77. The number of nitrogens with zero attached hydrogens (tertiary/aromatic N) is 2. The lowest BCUT2D eigenvalue weighted by atomic mass is 10.2. The maximum atomic E-state index is 12.6. The molecule has 156 valence electrons. The number of carbonyl (C=O) groups is 2. The summed E-state index contributed by atoms with van der Waals surface area (Å²) in [5.41, 5.74) is 9.37. The van der Waals surface area contributed by atoms with E-state index in [1.54, 1.807) is 36.7 Å². The van der Waals surface area contributed by atoms with Crippen LogP contribution < -0.4 is 15.6 Å². The minimum atomic E-state index is -0.446. The number of ether oxygens (including phenoxy) is 1. The fourth-order valence-corrected chi connectivity index (χ4v) is 4.26. The van der Waals surface area contributed by atoms with Gasteiger partial charge in [0.15, 0.2) is 0 Å². The SMILES string of the molecule is Cc1nc(-c2ccccc2)sc1C(=O)NNC(=O)c1cccc(OCc2cscn2)c1. The lowest BCUT2D eigenvalue weighted by Crippen LogP contribution is -2.41. The van der Waals surface area contributed by atoms with Gasteiger partial charge in [-0.15, -0.1) is 22.7 Å². The van der Waals surface area contributed by atoms with Crippen LogP contribution >= 0.6 is 22.7 Å². The van der Waals surface area contributed by atoms with Crippen LogP contribution in [0.3, 0.4) is 0 Å². The van der Waals surface area contributed by atoms with Crippen molar-refractivity contribution in [2.24, 2.45) is 0 Å². The molecular formula is C22H18N4O3S2. The van der Waals surface area contributed by atoms with Gasteiger partial charge in [-0.3, -0.25) is 20.4 Å². The van der Waals surface area contributed by atoms with Crippen LogP contribution in [0.4, 0.5) is 0 Å². The van der Waals surface area contributed by atoms with Crippen LogP contribution in [0.15, 0.2) is 65.5 Å². The Morgan fingerprint density at radius 3 is 2.61 bits per heavy atom. The third-order valence-electron chi connectivity index (χ3n) is 4.28. The monoisotopic (exact) mass is 450 g/mol. The quantitative estimate of drug-likeness (QED) is 0.429. The second-order valence-corrected chi connectivity index (χ2v) is 8.22. The molecule has 2 aromatic heterocycles. The van der Waals surface area contributed by atoms with Gasteiger partial charge in [-0.1, -0.05) is 36.4 Å². The van der Waals surface area contributed by atoms with E-state index >= 15 is 0 Å². The van der Waals surface area contributed by atoms with E-state index in [0.29, 0.717) is 28.5 Å². The molecule has 4 aromatic rings. The molecular weight excluding hydrogens is 432 g/mol. The fraction of sp³-hybridized carbons (Fsp3) is 0.0909. The van der Waals surface area contributed by atoms with Crippen LogP contribution in [-0.4, -0.2) is 21.8 Å². The number of amides is 2. The van der Waals surface area contributed by atoms with Gasteiger partial charge >= 0.3 is 0 Å². The fourth-order valence-electron chi connectivity index (χ4n) is 2.75. The van der Waals surface area contributed by atoms with Crippen LogP contribution in [0.5, 0.6) is 5.75 Å². The molecule has 9 heteroatoms. The van der Waals surface area contributed by atoms with E-state index in [-0.39, 0.29) is 0 Å². The van der Waals surface area contributed by atoms with Crippen LogP contribution in [0.25, 0.3) is 10.6 Å². The van der Waals surface area contributed by atoms with Crippen molar-refractivity contribution < 1.29 is 14.3 Å². The van der Waals surface area contributed by atoms with Gasteiger partial charge < -0.3 is 4.74 Å². The van der Waals surface area contributed by atoms with Gasteiger partial charge in [-0.05, 0) is 25.1 Å². The molecule has 0 saturated carbocycles. The minimum absolute atomic E-state index is 0.319. The van der Waals surface area contributed by atoms with Crippen molar-refractivity contribution in [1.82, 2.24) is 20.8 Å². The standard InChI is InChI=1S/C22H18N4O3S2/c1-14-19(31-22(24-14)15-6-3-2-4-7-15)21(28)26-25-20(27)16-8-5-9-18(10-16)29-11-17-12-30-13-23-17/h2-10,12-13H,11H2,1H3,(H,25,27)(H,26,28). The van der Waals surface area contributed by atoms with Crippen molar-refractivity contribution in [2.45, 2.75) is 13.5 Å². The van der Waals surface area contributed by atoms with Crippen LogP contribution in [0.1, 0.15) is 31.4 Å². The van der Waals surface area contributed by atoms with E-state index in [2.05, 4.69) is 20.8 Å². The number of hydrogen-bond donors (Lipinski definition) is 2. The number of nitrogens with one attached hydrogen (secondary N) is 2. The Morgan fingerprint density at radius 1 is 1.03 bits per heavy atom. The topological polar surface area (TPSA) is 93.2 Å². The van der Waals surface area contributed by atoms with Gasteiger partial charge in [0.1, 0.15) is 22.2 Å². The average Bonchev–Trinajstić information content (AvgIpc) is 3.46. The molecule has 4 rings (SSSR count). The highest BCUT2D eigenvalue weighted by Crippen LogP contribution is 2.27. The number of hydrazine groups is 1. The van der Waals surface area contributed by atoms with Crippen molar-refractivity contribution in [3.8, 4) is 16.3 Å². The smallest absolute Gasteiger partial charge is 0.281 e. The number of aryl methyl sites for hydroxylation is 1. The highest BCUT2D eigenvalue weighted by molar-refractivity contribution is 7.17. The number of thiazole rings is 2. The van der Waals surface area contributed by atoms with E-state index < -0.39 is 11.8 Å². The summed E-state index contributed by atoms with van der Waals surface area (Å²) in [6.07, 6.45) is 0. The van der Waals surface area contributed by atoms with Gasteiger partial charge in [0.05, 0.1) is 16.9 Å². The van der Waals surface area contributed by atoms with Gasteiger partial charge in [-0.25, -0.2) is 9.97 Å². The van der Waals surface area contributed by atoms with Crippen molar-refractivity contribution in [2.75, 3.05) is 0 Å². The van der Waals surface area contributed by atoms with Crippen molar-refractivity contribution in [3.05, 3.63) is 87.3 Å². The molecule has 0 aliphatic carbocycles. The lowest BCUT2D eigenvalue weighted by molar-refractivity contribution is 0.0848. The Balaban J connectivity index is 1.37. The van der Waals surface area contributed by atoms with Crippen molar-refractivity contribution in [3.63, 3.8) is 0 Å². The minimum Gasteiger partial charge on any atom is -0.487 e. The second kappa shape index (κ2) is 9.50. The van der Waals surface area contributed by atoms with Crippen LogP contribution in [0.2, 0.25) is 0 Å². The first-order valence-electron chi connectivity index (χ1n) is 9.33. The molecule has 31 heavy (non-hydrogen) atoms. The average molecular weight is 451 g/mol. The van der Waals surface area contributed by atoms with E-state index in [9.17, 15) is 9.59 Å². The molecule has 0 atom stereocenters. The third-order valence-corrected chi connectivity index (χ3v) is 6.12. The third kappa shape index (κ3) is 5.14. The molecule has 7 nitrogen and oxygen atoms in total. The highest BCUT2D eigenvalue weighted by atomic mass is 32.1. The number of carbonyl (C=O) groups excluding carboxylic acids is 2. The van der Waals surface area contributed by atoms with E-state index in [1.165, 1.54) is 22.7 Å². The molecule has 0 aliphatic heterocycles. The van der Waals surface area contributed by atoms with Crippen LogP contribution in [-0.2, 0) is 6.61 Å².